The Kier molecular flexibility index (Phi) is 4.64. The minimum atomic E-state index is -0.0125. The Morgan fingerprint density at radius 1 is 1.26 bits per heavy atom. The van der Waals surface area contributed by atoms with Gasteiger partial charge in [0.15, 0.2) is 0 Å². The maximum atomic E-state index is 6.19. The number of nitrogens with two attached hydrogens (primary N) is 1. The summed E-state index contributed by atoms with van der Waals surface area (Å²) in [5.74, 6) is 0.752. The van der Waals surface area contributed by atoms with Gasteiger partial charge in [0, 0.05) is 0 Å². The van der Waals surface area contributed by atoms with E-state index in [0.717, 1.165) is 17.9 Å². The molecule has 0 spiro atoms. The molecule has 1 aromatic rings. The van der Waals surface area contributed by atoms with Crippen LogP contribution in [0.25, 0.3) is 0 Å². The molecule has 3 atom stereocenters. The lowest BCUT2D eigenvalue weighted by Gasteiger charge is -2.39. The van der Waals surface area contributed by atoms with E-state index >= 15 is 0 Å². The molecule has 1 saturated carbocycles. The smallest absolute Gasteiger partial charge is 0.0663 e. The third kappa shape index (κ3) is 4.32. The highest BCUT2D eigenvalue weighted by Gasteiger charge is 2.32. The van der Waals surface area contributed by atoms with E-state index in [1.165, 1.54) is 12.8 Å². The summed E-state index contributed by atoms with van der Waals surface area (Å²) in [7, 11) is 0. The van der Waals surface area contributed by atoms with Crippen molar-refractivity contribution in [2.75, 3.05) is 6.61 Å². The highest BCUT2D eigenvalue weighted by Crippen LogP contribution is 2.39. The predicted molar refractivity (Wildman–Crippen MR) is 79.9 cm³/mol. The van der Waals surface area contributed by atoms with Crippen molar-refractivity contribution >= 4 is 0 Å². The van der Waals surface area contributed by atoms with Gasteiger partial charge in [0.1, 0.15) is 0 Å². The van der Waals surface area contributed by atoms with Gasteiger partial charge in [0.05, 0.1) is 18.8 Å². The minimum absolute atomic E-state index is 0.0125. The molecular formula is C17H27NO. The fraction of sp³-hybridized carbons (Fsp3) is 0.647. The van der Waals surface area contributed by atoms with Gasteiger partial charge in [-0.15, -0.1) is 0 Å². The monoisotopic (exact) mass is 261 g/mol. The second kappa shape index (κ2) is 6.06. The van der Waals surface area contributed by atoms with Crippen LogP contribution in [0.4, 0.5) is 0 Å². The Balaban J connectivity index is 1.85. The maximum absolute atomic E-state index is 6.19. The number of rotatable bonds is 4. The quantitative estimate of drug-likeness (QED) is 0.891. The summed E-state index contributed by atoms with van der Waals surface area (Å²) in [6.07, 6.45) is 4.00. The van der Waals surface area contributed by atoms with E-state index < -0.39 is 0 Å². The van der Waals surface area contributed by atoms with E-state index in [0.29, 0.717) is 18.1 Å². The fourth-order valence-corrected chi connectivity index (χ4v) is 3.42. The molecule has 2 heteroatoms. The number of hydrogen-bond donors (Lipinski definition) is 1. The molecule has 0 saturated heterocycles. The zero-order valence-electron chi connectivity index (χ0n) is 12.4. The van der Waals surface area contributed by atoms with Crippen molar-refractivity contribution in [1.82, 2.24) is 0 Å². The van der Waals surface area contributed by atoms with Crippen molar-refractivity contribution < 1.29 is 4.74 Å². The first kappa shape index (κ1) is 14.5. The third-order valence-electron chi connectivity index (χ3n) is 4.09. The Bertz CT molecular complexity index is 388. The largest absolute Gasteiger partial charge is 0.376 e. The second-order valence-corrected chi connectivity index (χ2v) is 6.89. The standard InChI is InChI=1S/C17H27NO/c1-13-9-15(11-17(2,3)10-13)19-12-16(18)14-7-5-4-6-8-14/h4-8,13,15-16H,9-12,18H2,1-3H3. The highest BCUT2D eigenvalue weighted by molar-refractivity contribution is 5.18. The lowest BCUT2D eigenvalue weighted by Crippen LogP contribution is -2.34. The molecule has 2 rings (SSSR count). The molecule has 1 aliphatic carbocycles. The van der Waals surface area contributed by atoms with Crippen LogP contribution in [0.5, 0.6) is 0 Å². The first-order valence-corrected chi connectivity index (χ1v) is 7.38. The van der Waals surface area contributed by atoms with Crippen molar-refractivity contribution in [3.8, 4) is 0 Å². The average Bonchev–Trinajstić information content (AvgIpc) is 2.34. The number of benzene rings is 1. The van der Waals surface area contributed by atoms with Crippen LogP contribution in [0, 0.1) is 11.3 Å². The zero-order valence-corrected chi connectivity index (χ0v) is 12.4. The van der Waals surface area contributed by atoms with Gasteiger partial charge in [0.25, 0.3) is 0 Å². The van der Waals surface area contributed by atoms with Crippen LogP contribution in [-0.4, -0.2) is 12.7 Å². The van der Waals surface area contributed by atoms with Crippen molar-refractivity contribution in [2.45, 2.75) is 52.2 Å². The fourth-order valence-electron chi connectivity index (χ4n) is 3.42. The SMILES string of the molecule is CC1CC(OCC(N)c2ccccc2)CC(C)(C)C1. The van der Waals surface area contributed by atoms with Crippen molar-refractivity contribution in [1.29, 1.82) is 0 Å². The van der Waals surface area contributed by atoms with Crippen LogP contribution in [0.1, 0.15) is 51.6 Å². The van der Waals surface area contributed by atoms with Gasteiger partial charge >= 0.3 is 0 Å². The molecule has 1 aromatic carbocycles. The van der Waals surface area contributed by atoms with Crippen LogP contribution >= 0.6 is 0 Å². The van der Waals surface area contributed by atoms with E-state index in [1.54, 1.807) is 0 Å². The average molecular weight is 261 g/mol. The van der Waals surface area contributed by atoms with Crippen LogP contribution in [0.15, 0.2) is 30.3 Å². The van der Waals surface area contributed by atoms with Crippen molar-refractivity contribution in [2.24, 2.45) is 17.1 Å². The van der Waals surface area contributed by atoms with Gasteiger partial charge in [-0.25, -0.2) is 0 Å². The van der Waals surface area contributed by atoms with Crippen LogP contribution in [0.3, 0.4) is 0 Å². The molecule has 0 bridgehead atoms. The summed E-state index contributed by atoms with van der Waals surface area (Å²) >= 11 is 0. The summed E-state index contributed by atoms with van der Waals surface area (Å²) < 4.78 is 6.08. The molecule has 0 amide bonds. The summed E-state index contributed by atoms with van der Waals surface area (Å²) in [5.41, 5.74) is 7.75. The molecule has 1 aliphatic rings. The summed E-state index contributed by atoms with van der Waals surface area (Å²) in [6.45, 7) is 7.64. The molecule has 19 heavy (non-hydrogen) atoms. The molecule has 1 fully saturated rings. The third-order valence-corrected chi connectivity index (χ3v) is 4.09. The molecule has 0 aromatic heterocycles. The van der Waals surface area contributed by atoms with E-state index in [1.807, 2.05) is 18.2 Å². The number of hydrogen-bond acceptors (Lipinski definition) is 2. The van der Waals surface area contributed by atoms with E-state index in [9.17, 15) is 0 Å². The molecule has 0 aliphatic heterocycles. The van der Waals surface area contributed by atoms with Gasteiger partial charge in [0.2, 0.25) is 0 Å². The lowest BCUT2D eigenvalue weighted by atomic mass is 9.71. The molecule has 106 valence electrons. The minimum Gasteiger partial charge on any atom is -0.376 e. The topological polar surface area (TPSA) is 35.2 Å². The lowest BCUT2D eigenvalue weighted by molar-refractivity contribution is -0.0278. The molecule has 0 heterocycles. The van der Waals surface area contributed by atoms with Crippen LogP contribution < -0.4 is 5.73 Å². The van der Waals surface area contributed by atoms with Crippen molar-refractivity contribution in [3.05, 3.63) is 35.9 Å². The van der Waals surface area contributed by atoms with Gasteiger partial charge in [-0.1, -0.05) is 51.1 Å². The van der Waals surface area contributed by atoms with E-state index in [2.05, 4.69) is 32.9 Å². The first-order valence-electron chi connectivity index (χ1n) is 7.38. The Morgan fingerprint density at radius 3 is 2.58 bits per heavy atom. The highest BCUT2D eigenvalue weighted by atomic mass is 16.5. The van der Waals surface area contributed by atoms with Crippen molar-refractivity contribution in [3.63, 3.8) is 0 Å². The Morgan fingerprint density at radius 2 is 1.95 bits per heavy atom. The van der Waals surface area contributed by atoms with Gasteiger partial charge in [-0.3, -0.25) is 0 Å². The van der Waals surface area contributed by atoms with Crippen LogP contribution in [0.2, 0.25) is 0 Å². The Hall–Kier alpha value is -0.860. The molecule has 2 N–H and O–H groups in total. The molecule has 2 nitrogen and oxygen atoms in total. The summed E-state index contributed by atoms with van der Waals surface area (Å²) in [4.78, 5) is 0. The van der Waals surface area contributed by atoms with Gasteiger partial charge < -0.3 is 10.5 Å². The molecule has 0 radical (unpaired) electrons. The zero-order chi connectivity index (χ0) is 13.9. The van der Waals surface area contributed by atoms with E-state index in [4.69, 9.17) is 10.5 Å². The first-order chi connectivity index (χ1) is 8.96. The summed E-state index contributed by atoms with van der Waals surface area (Å²) in [5, 5.41) is 0. The predicted octanol–water partition coefficient (Wildman–Crippen LogP) is 3.92. The Labute approximate surface area is 117 Å². The number of ether oxygens (including phenoxy) is 1. The maximum Gasteiger partial charge on any atom is 0.0663 e. The van der Waals surface area contributed by atoms with Gasteiger partial charge in [-0.2, -0.15) is 0 Å². The normalized spacial score (nSPS) is 28.0. The summed E-state index contributed by atoms with van der Waals surface area (Å²) in [6, 6.07) is 10.2. The second-order valence-electron chi connectivity index (χ2n) is 6.89. The van der Waals surface area contributed by atoms with E-state index in [-0.39, 0.29) is 6.04 Å². The van der Waals surface area contributed by atoms with Crippen LogP contribution in [-0.2, 0) is 4.74 Å². The van der Waals surface area contributed by atoms with Gasteiger partial charge in [-0.05, 0) is 36.2 Å². The molecule has 3 unspecified atom stereocenters. The molecular weight excluding hydrogens is 234 g/mol.